The van der Waals surface area contributed by atoms with E-state index in [9.17, 15) is 14.5 Å². The highest BCUT2D eigenvalue weighted by molar-refractivity contribution is 9.09. The van der Waals surface area contributed by atoms with Crippen molar-refractivity contribution in [3.8, 4) is 0 Å². The summed E-state index contributed by atoms with van der Waals surface area (Å²) < 4.78 is 13.9. The molecule has 0 bridgehead atoms. The van der Waals surface area contributed by atoms with Crippen molar-refractivity contribution in [2.24, 2.45) is 5.92 Å². The Balaban J connectivity index is 3.18. The monoisotopic (exact) mass is 303 g/mol. The van der Waals surface area contributed by atoms with Gasteiger partial charge in [0.2, 0.25) is 0 Å². The second kappa shape index (κ2) is 5.58. The smallest absolute Gasteiger partial charge is 0.258 e. The van der Waals surface area contributed by atoms with Gasteiger partial charge in [-0.25, -0.2) is 4.39 Å². The van der Waals surface area contributed by atoms with Crippen molar-refractivity contribution in [2.75, 3.05) is 0 Å². The largest absolute Gasteiger partial charge is 0.272 e. The molecule has 1 aromatic carbocycles. The van der Waals surface area contributed by atoms with Crippen molar-refractivity contribution < 1.29 is 9.31 Å². The first kappa shape index (κ1) is 14.1. The summed E-state index contributed by atoms with van der Waals surface area (Å²) in [4.78, 5) is 10.1. The van der Waals surface area contributed by atoms with Gasteiger partial charge in [-0.05, 0) is 17.5 Å². The second-order valence-electron chi connectivity index (χ2n) is 4.41. The van der Waals surface area contributed by atoms with Crippen molar-refractivity contribution in [3.05, 3.63) is 39.7 Å². The summed E-state index contributed by atoms with van der Waals surface area (Å²) in [5.74, 6) is -0.264. The van der Waals surface area contributed by atoms with Gasteiger partial charge in [0.25, 0.3) is 5.69 Å². The van der Waals surface area contributed by atoms with Crippen LogP contribution in [0.3, 0.4) is 0 Å². The van der Waals surface area contributed by atoms with E-state index in [1.54, 1.807) is 0 Å². The molecular weight excluding hydrogens is 289 g/mol. The van der Waals surface area contributed by atoms with Crippen LogP contribution in [0.4, 0.5) is 10.1 Å². The zero-order chi connectivity index (χ0) is 13.2. The van der Waals surface area contributed by atoms with Gasteiger partial charge in [-0.1, -0.05) is 36.7 Å². The highest BCUT2D eigenvalue weighted by Crippen LogP contribution is 2.34. The highest BCUT2D eigenvalue weighted by Gasteiger charge is 2.25. The Morgan fingerprint density at radius 3 is 2.29 bits per heavy atom. The molecule has 1 aromatic rings. The zero-order valence-corrected chi connectivity index (χ0v) is 11.6. The van der Waals surface area contributed by atoms with Gasteiger partial charge in [-0.3, -0.25) is 10.1 Å². The summed E-state index contributed by atoms with van der Waals surface area (Å²) in [6, 6.07) is 3.85. The number of rotatable bonds is 4. The number of non-ortho nitro benzene ring substituents is 1. The van der Waals surface area contributed by atoms with E-state index in [0.29, 0.717) is 5.56 Å². The molecule has 17 heavy (non-hydrogen) atoms. The van der Waals surface area contributed by atoms with E-state index >= 15 is 0 Å². The van der Waals surface area contributed by atoms with Crippen molar-refractivity contribution in [1.29, 1.82) is 0 Å². The van der Waals surface area contributed by atoms with Gasteiger partial charge >= 0.3 is 0 Å². The molecule has 0 aliphatic carbocycles. The Bertz CT molecular complexity index is 413. The van der Waals surface area contributed by atoms with Crippen molar-refractivity contribution in [3.63, 3.8) is 0 Å². The second-order valence-corrected chi connectivity index (χ2v) is 5.85. The minimum atomic E-state index is -0.588. The summed E-state index contributed by atoms with van der Waals surface area (Å²) in [6.45, 7) is 5.96. The topological polar surface area (TPSA) is 43.1 Å². The molecule has 0 aromatic heterocycles. The lowest BCUT2D eigenvalue weighted by Crippen LogP contribution is -2.17. The van der Waals surface area contributed by atoms with E-state index in [2.05, 4.69) is 15.9 Å². The first-order valence-corrected chi connectivity index (χ1v) is 6.34. The predicted octanol–water partition coefficient (Wildman–Crippen LogP) is 4.26. The number of benzene rings is 1. The van der Waals surface area contributed by atoms with Crippen LogP contribution in [0, 0.1) is 21.8 Å². The molecule has 0 fully saturated rings. The third-order valence-electron chi connectivity index (χ3n) is 2.77. The molecule has 94 valence electrons. The number of nitro benzene ring substituents is 1. The maximum Gasteiger partial charge on any atom is 0.272 e. The van der Waals surface area contributed by atoms with E-state index in [0.717, 1.165) is 6.07 Å². The van der Waals surface area contributed by atoms with Crippen molar-refractivity contribution >= 4 is 21.6 Å². The Kier molecular flexibility index (Phi) is 4.62. The van der Waals surface area contributed by atoms with Crippen LogP contribution in [0.25, 0.3) is 0 Å². The van der Waals surface area contributed by atoms with Crippen LogP contribution < -0.4 is 0 Å². The molecule has 2 atom stereocenters. The maximum absolute atomic E-state index is 13.9. The standard InChI is InChI=1S/C12H15BrFNO2/c1-7(2)12(8(3)13)10-5-4-9(15(16)17)6-11(10)14/h4-8,12H,1-3H3. The van der Waals surface area contributed by atoms with Gasteiger partial charge in [-0.2, -0.15) is 0 Å². The third kappa shape index (κ3) is 3.25. The average molecular weight is 304 g/mol. The minimum absolute atomic E-state index is 0.00389. The first-order valence-electron chi connectivity index (χ1n) is 5.42. The van der Waals surface area contributed by atoms with Crippen LogP contribution in [0.1, 0.15) is 32.3 Å². The fourth-order valence-electron chi connectivity index (χ4n) is 2.04. The van der Waals surface area contributed by atoms with Gasteiger partial charge in [-0.15, -0.1) is 0 Å². The van der Waals surface area contributed by atoms with E-state index < -0.39 is 10.7 Å². The van der Waals surface area contributed by atoms with Crippen LogP contribution in [-0.4, -0.2) is 9.75 Å². The highest BCUT2D eigenvalue weighted by atomic mass is 79.9. The molecule has 1 rings (SSSR count). The van der Waals surface area contributed by atoms with E-state index in [4.69, 9.17) is 0 Å². The van der Waals surface area contributed by atoms with Gasteiger partial charge in [0.1, 0.15) is 5.82 Å². The lowest BCUT2D eigenvalue weighted by atomic mass is 9.86. The summed E-state index contributed by atoms with van der Waals surface area (Å²) in [5.41, 5.74) is 0.311. The summed E-state index contributed by atoms with van der Waals surface area (Å²) in [6.07, 6.45) is 0. The molecule has 2 unspecified atom stereocenters. The van der Waals surface area contributed by atoms with Crippen LogP contribution in [0.2, 0.25) is 0 Å². The molecular formula is C12H15BrFNO2. The van der Waals surface area contributed by atoms with Crippen LogP contribution in [0.15, 0.2) is 18.2 Å². The number of nitrogens with zero attached hydrogens (tertiary/aromatic N) is 1. The predicted molar refractivity (Wildman–Crippen MR) is 69.0 cm³/mol. The molecule has 5 heteroatoms. The molecule has 0 amide bonds. The maximum atomic E-state index is 13.9. The quantitative estimate of drug-likeness (QED) is 0.474. The number of alkyl halides is 1. The molecule has 0 spiro atoms. The van der Waals surface area contributed by atoms with Gasteiger partial charge in [0.15, 0.2) is 0 Å². The van der Waals surface area contributed by atoms with Gasteiger partial charge in [0, 0.05) is 16.8 Å². The van der Waals surface area contributed by atoms with E-state index in [1.807, 2.05) is 20.8 Å². The molecule has 0 radical (unpaired) electrons. The number of halogens is 2. The molecule has 3 nitrogen and oxygen atoms in total. The minimum Gasteiger partial charge on any atom is -0.258 e. The van der Waals surface area contributed by atoms with Crippen LogP contribution in [0.5, 0.6) is 0 Å². The third-order valence-corrected chi connectivity index (χ3v) is 3.34. The molecule has 0 saturated carbocycles. The van der Waals surface area contributed by atoms with Crippen LogP contribution in [-0.2, 0) is 0 Å². The lowest BCUT2D eigenvalue weighted by Gasteiger charge is -2.24. The SMILES string of the molecule is CC(C)C(c1ccc([N+](=O)[O-])cc1F)C(C)Br. The molecule has 0 aliphatic rings. The Hall–Kier alpha value is -0.970. The summed E-state index contributed by atoms with van der Waals surface area (Å²) >= 11 is 3.46. The first-order chi connectivity index (χ1) is 7.84. The van der Waals surface area contributed by atoms with Gasteiger partial charge < -0.3 is 0 Å². The molecule has 0 heterocycles. The average Bonchev–Trinajstić information content (AvgIpc) is 2.19. The Morgan fingerprint density at radius 1 is 1.35 bits per heavy atom. The van der Waals surface area contributed by atoms with E-state index in [1.165, 1.54) is 12.1 Å². The van der Waals surface area contributed by atoms with E-state index in [-0.39, 0.29) is 22.4 Å². The fraction of sp³-hybridized carbons (Fsp3) is 0.500. The van der Waals surface area contributed by atoms with Gasteiger partial charge in [0.05, 0.1) is 11.0 Å². The number of nitro groups is 1. The normalized spacial score (nSPS) is 14.7. The Morgan fingerprint density at radius 2 is 1.94 bits per heavy atom. The molecule has 0 saturated heterocycles. The van der Waals surface area contributed by atoms with Crippen LogP contribution >= 0.6 is 15.9 Å². The molecule has 0 N–H and O–H groups in total. The summed E-state index contributed by atoms with van der Waals surface area (Å²) in [5, 5.41) is 10.5. The number of hydrogen-bond acceptors (Lipinski definition) is 2. The summed E-state index contributed by atoms with van der Waals surface area (Å²) in [7, 11) is 0. The molecule has 0 aliphatic heterocycles. The lowest BCUT2D eigenvalue weighted by molar-refractivity contribution is -0.385. The van der Waals surface area contributed by atoms with Crippen molar-refractivity contribution in [1.82, 2.24) is 0 Å². The number of hydrogen-bond donors (Lipinski definition) is 0. The fourth-order valence-corrected chi connectivity index (χ4v) is 2.93. The zero-order valence-electron chi connectivity index (χ0n) is 9.98. The van der Waals surface area contributed by atoms with Crippen molar-refractivity contribution in [2.45, 2.75) is 31.5 Å². The Labute approximate surface area is 108 Å².